The number of hydrogen-bond donors (Lipinski definition) is 2. The summed E-state index contributed by atoms with van der Waals surface area (Å²) in [5, 5.41) is 12.2. The summed E-state index contributed by atoms with van der Waals surface area (Å²) in [6, 6.07) is -0.293. The molecule has 0 aromatic rings. The molecule has 23 heavy (non-hydrogen) atoms. The van der Waals surface area contributed by atoms with Crippen molar-refractivity contribution in [2.75, 3.05) is 20.2 Å². The number of carbonyl (C=O) groups is 1. The predicted molar refractivity (Wildman–Crippen MR) is 77.9 cm³/mol. The molecule has 2 aliphatic rings. The molecular formula is C15H25F3N2O3. The number of amides is 2. The number of ether oxygens (including phenoxy) is 1. The molecule has 0 aromatic carbocycles. The van der Waals surface area contributed by atoms with Crippen LogP contribution in [0.2, 0.25) is 0 Å². The molecule has 2 fully saturated rings. The summed E-state index contributed by atoms with van der Waals surface area (Å²) in [4.78, 5) is 13.8. The third-order valence-electron chi connectivity index (χ3n) is 4.92. The minimum atomic E-state index is -4.59. The first kappa shape index (κ1) is 18.3. The summed E-state index contributed by atoms with van der Waals surface area (Å²) in [5.41, 5.74) is 0. The Kier molecular flexibility index (Phi) is 6.13. The van der Waals surface area contributed by atoms with Crippen molar-refractivity contribution in [2.45, 2.75) is 63.0 Å². The van der Waals surface area contributed by atoms with Gasteiger partial charge in [-0.05, 0) is 31.6 Å². The third kappa shape index (κ3) is 4.73. The molecule has 5 nitrogen and oxygen atoms in total. The smallest absolute Gasteiger partial charge is 0.383 e. The first-order chi connectivity index (χ1) is 10.8. The first-order valence-corrected chi connectivity index (χ1v) is 8.16. The molecule has 0 unspecified atom stereocenters. The molecule has 1 saturated carbocycles. The largest absolute Gasteiger partial charge is 0.414 e. The van der Waals surface area contributed by atoms with Gasteiger partial charge >= 0.3 is 12.2 Å². The molecule has 3 atom stereocenters. The van der Waals surface area contributed by atoms with Crippen LogP contribution in [0.15, 0.2) is 0 Å². The topological polar surface area (TPSA) is 61.8 Å². The van der Waals surface area contributed by atoms with Gasteiger partial charge in [-0.2, -0.15) is 13.2 Å². The van der Waals surface area contributed by atoms with Crippen LogP contribution >= 0.6 is 0 Å². The number of urea groups is 1. The molecule has 1 heterocycles. The molecule has 0 radical (unpaired) electrons. The van der Waals surface area contributed by atoms with Crippen LogP contribution in [0.4, 0.5) is 18.0 Å². The van der Waals surface area contributed by atoms with Crippen LogP contribution in [0.25, 0.3) is 0 Å². The number of halogens is 3. The molecule has 1 aliphatic heterocycles. The second-order valence-electron chi connectivity index (χ2n) is 6.43. The van der Waals surface area contributed by atoms with Gasteiger partial charge in [-0.25, -0.2) is 4.79 Å². The Morgan fingerprint density at radius 3 is 2.39 bits per heavy atom. The average Bonchev–Trinajstić information content (AvgIpc) is 2.54. The number of likely N-dealkylation sites (tertiary alicyclic amines) is 1. The van der Waals surface area contributed by atoms with Gasteiger partial charge in [-0.15, -0.1) is 0 Å². The van der Waals surface area contributed by atoms with E-state index in [2.05, 4.69) is 5.32 Å². The van der Waals surface area contributed by atoms with Crippen LogP contribution in [0.1, 0.15) is 38.5 Å². The molecule has 0 spiro atoms. The van der Waals surface area contributed by atoms with Crippen molar-refractivity contribution in [3.63, 3.8) is 0 Å². The normalized spacial score (nSPS) is 28.5. The van der Waals surface area contributed by atoms with Gasteiger partial charge in [0.1, 0.15) is 0 Å². The molecular weight excluding hydrogens is 313 g/mol. The van der Waals surface area contributed by atoms with Crippen LogP contribution in [-0.2, 0) is 4.74 Å². The van der Waals surface area contributed by atoms with Crippen LogP contribution in [0.3, 0.4) is 0 Å². The number of aliphatic hydroxyl groups is 1. The lowest BCUT2D eigenvalue weighted by molar-refractivity contribution is -0.222. The van der Waals surface area contributed by atoms with Crippen molar-refractivity contribution in [3.05, 3.63) is 0 Å². The summed E-state index contributed by atoms with van der Waals surface area (Å²) < 4.78 is 43.0. The standard InChI is InChI=1S/C15H25F3N2O3/c1-23-12-5-3-2-4-11(12)19-14(22)20-8-6-10(7-9-20)13(21)15(16,17)18/h10-13,21H,2-9H2,1H3,(H,19,22)/t11-,12+,13+/m0/s1. The number of nitrogens with zero attached hydrogens (tertiary/aromatic N) is 1. The van der Waals surface area contributed by atoms with E-state index in [-0.39, 0.29) is 44.1 Å². The highest BCUT2D eigenvalue weighted by Crippen LogP contribution is 2.31. The number of methoxy groups -OCH3 is 1. The summed E-state index contributed by atoms with van der Waals surface area (Å²) in [6.45, 7) is 0.460. The predicted octanol–water partition coefficient (Wildman–Crippen LogP) is 2.29. The number of nitrogens with one attached hydrogen (secondary N) is 1. The van der Waals surface area contributed by atoms with E-state index in [0.717, 1.165) is 25.7 Å². The maximum atomic E-state index is 12.5. The van der Waals surface area contributed by atoms with Crippen LogP contribution < -0.4 is 5.32 Å². The molecule has 2 rings (SSSR count). The van der Waals surface area contributed by atoms with Crippen LogP contribution in [-0.4, -0.2) is 60.7 Å². The van der Waals surface area contributed by atoms with Gasteiger partial charge in [0.05, 0.1) is 12.1 Å². The monoisotopic (exact) mass is 338 g/mol. The van der Waals surface area contributed by atoms with Gasteiger partial charge in [-0.1, -0.05) is 12.8 Å². The molecule has 1 saturated heterocycles. The Hall–Kier alpha value is -1.02. The van der Waals surface area contributed by atoms with E-state index in [0.29, 0.717) is 0 Å². The Balaban J connectivity index is 1.81. The van der Waals surface area contributed by atoms with Gasteiger partial charge < -0.3 is 20.1 Å². The molecule has 2 amide bonds. The highest BCUT2D eigenvalue weighted by Gasteiger charge is 2.44. The zero-order valence-corrected chi connectivity index (χ0v) is 13.3. The second-order valence-corrected chi connectivity index (χ2v) is 6.43. The lowest BCUT2D eigenvalue weighted by Gasteiger charge is -2.37. The van der Waals surface area contributed by atoms with E-state index in [9.17, 15) is 23.1 Å². The fraction of sp³-hybridized carbons (Fsp3) is 0.933. The third-order valence-corrected chi connectivity index (χ3v) is 4.92. The lowest BCUT2D eigenvalue weighted by Crippen LogP contribution is -2.53. The summed E-state index contributed by atoms with van der Waals surface area (Å²) >= 11 is 0. The summed E-state index contributed by atoms with van der Waals surface area (Å²) in [6.07, 6.45) is -2.71. The Bertz CT molecular complexity index is 398. The number of piperidine rings is 1. The van der Waals surface area contributed by atoms with E-state index in [1.807, 2.05) is 0 Å². The maximum Gasteiger partial charge on any atom is 0.414 e. The Morgan fingerprint density at radius 1 is 1.22 bits per heavy atom. The number of carbonyl (C=O) groups excluding carboxylic acids is 1. The van der Waals surface area contributed by atoms with Gasteiger partial charge in [0.25, 0.3) is 0 Å². The summed E-state index contributed by atoms with van der Waals surface area (Å²) in [5.74, 6) is -0.833. The average molecular weight is 338 g/mol. The second kappa shape index (κ2) is 7.70. The first-order valence-electron chi connectivity index (χ1n) is 8.16. The number of aliphatic hydroxyl groups excluding tert-OH is 1. The lowest BCUT2D eigenvalue weighted by atomic mass is 9.90. The zero-order chi connectivity index (χ0) is 17.0. The summed E-state index contributed by atoms with van der Waals surface area (Å²) in [7, 11) is 1.62. The van der Waals surface area contributed by atoms with Gasteiger partial charge in [-0.3, -0.25) is 0 Å². The zero-order valence-electron chi connectivity index (χ0n) is 13.3. The number of alkyl halides is 3. The van der Waals surface area contributed by atoms with Crippen molar-refractivity contribution in [1.29, 1.82) is 0 Å². The fourth-order valence-electron chi connectivity index (χ4n) is 3.48. The quantitative estimate of drug-likeness (QED) is 0.830. The minimum absolute atomic E-state index is 0.00251. The van der Waals surface area contributed by atoms with Crippen molar-refractivity contribution in [2.24, 2.45) is 5.92 Å². The van der Waals surface area contributed by atoms with Crippen molar-refractivity contribution >= 4 is 6.03 Å². The molecule has 8 heteroatoms. The maximum absolute atomic E-state index is 12.5. The van der Waals surface area contributed by atoms with Crippen LogP contribution in [0, 0.1) is 5.92 Å². The molecule has 1 aliphatic carbocycles. The van der Waals surface area contributed by atoms with Crippen molar-refractivity contribution < 1.29 is 27.8 Å². The highest BCUT2D eigenvalue weighted by atomic mass is 19.4. The highest BCUT2D eigenvalue weighted by molar-refractivity contribution is 5.74. The Morgan fingerprint density at radius 2 is 1.83 bits per heavy atom. The number of hydrogen-bond acceptors (Lipinski definition) is 3. The van der Waals surface area contributed by atoms with Gasteiger partial charge in [0.2, 0.25) is 0 Å². The Labute approximate surface area is 134 Å². The molecule has 134 valence electrons. The molecule has 0 aromatic heterocycles. The van der Waals surface area contributed by atoms with E-state index < -0.39 is 18.2 Å². The minimum Gasteiger partial charge on any atom is -0.383 e. The van der Waals surface area contributed by atoms with E-state index in [1.165, 1.54) is 4.90 Å². The van der Waals surface area contributed by atoms with Crippen LogP contribution in [0.5, 0.6) is 0 Å². The van der Waals surface area contributed by atoms with Gasteiger partial charge in [0, 0.05) is 20.2 Å². The molecule has 2 N–H and O–H groups in total. The van der Waals surface area contributed by atoms with Crippen molar-refractivity contribution in [1.82, 2.24) is 10.2 Å². The van der Waals surface area contributed by atoms with E-state index >= 15 is 0 Å². The molecule has 0 bridgehead atoms. The number of rotatable bonds is 3. The van der Waals surface area contributed by atoms with E-state index in [4.69, 9.17) is 4.74 Å². The SMILES string of the molecule is CO[C@@H]1CCCC[C@@H]1NC(=O)N1CCC([C@@H](O)C(F)(F)F)CC1. The van der Waals surface area contributed by atoms with E-state index in [1.54, 1.807) is 7.11 Å². The van der Waals surface area contributed by atoms with Gasteiger partial charge in [0.15, 0.2) is 6.10 Å². The fourth-order valence-corrected chi connectivity index (χ4v) is 3.48. The van der Waals surface area contributed by atoms with Crippen molar-refractivity contribution in [3.8, 4) is 0 Å².